The molecule has 1 aliphatic rings. The van der Waals surface area contributed by atoms with Gasteiger partial charge in [0.1, 0.15) is 5.78 Å². The van der Waals surface area contributed by atoms with Gasteiger partial charge in [0.05, 0.1) is 0 Å². The summed E-state index contributed by atoms with van der Waals surface area (Å²) in [5.74, 6) is 0.812. The third kappa shape index (κ3) is 5.86. The fourth-order valence-corrected chi connectivity index (χ4v) is 2.34. The van der Waals surface area contributed by atoms with E-state index < -0.39 is 0 Å². The van der Waals surface area contributed by atoms with E-state index in [0.29, 0.717) is 11.7 Å². The van der Waals surface area contributed by atoms with E-state index in [4.69, 9.17) is 0 Å². The molecule has 1 unspecified atom stereocenters. The number of carbonyl (C=O) groups is 1. The Bertz CT molecular complexity index is 305. The molecule has 0 aliphatic heterocycles. The Kier molecular flexibility index (Phi) is 6.25. The van der Waals surface area contributed by atoms with Crippen LogP contribution >= 0.6 is 0 Å². The van der Waals surface area contributed by atoms with Crippen molar-refractivity contribution in [3.05, 3.63) is 23.3 Å². The number of rotatable bonds is 5. The molecule has 0 N–H and O–H groups in total. The van der Waals surface area contributed by atoms with Gasteiger partial charge in [0.25, 0.3) is 0 Å². The van der Waals surface area contributed by atoms with Crippen molar-refractivity contribution in [3.8, 4) is 0 Å². The summed E-state index contributed by atoms with van der Waals surface area (Å²) in [6, 6.07) is 0. The number of hydrogen-bond donors (Lipinski definition) is 0. The standard InChI is InChI=1S/C16H26O/c1-13(2)7-6-8-14(3)11-12-15-9-4-5-10-16(15)17/h7,11,15H,4-6,8-10,12H2,1-3H3/b14-11+. The second-order valence-electron chi connectivity index (χ2n) is 5.52. The van der Waals surface area contributed by atoms with Crippen LogP contribution in [-0.2, 0) is 4.79 Å². The molecule has 0 heterocycles. The Balaban J connectivity index is 2.31. The molecule has 0 aromatic heterocycles. The predicted octanol–water partition coefficient (Wildman–Crippen LogP) is 4.83. The van der Waals surface area contributed by atoms with Crippen LogP contribution in [-0.4, -0.2) is 5.78 Å². The Morgan fingerprint density at radius 1 is 1.24 bits per heavy atom. The second-order valence-corrected chi connectivity index (χ2v) is 5.52. The molecule has 96 valence electrons. The van der Waals surface area contributed by atoms with E-state index in [2.05, 4.69) is 32.9 Å². The summed E-state index contributed by atoms with van der Waals surface area (Å²) < 4.78 is 0. The van der Waals surface area contributed by atoms with Crippen LogP contribution in [0.25, 0.3) is 0 Å². The number of ketones is 1. The average molecular weight is 234 g/mol. The number of hydrogen-bond acceptors (Lipinski definition) is 1. The highest BCUT2D eigenvalue weighted by Gasteiger charge is 2.20. The summed E-state index contributed by atoms with van der Waals surface area (Å²) in [6.07, 6.45) is 12.1. The van der Waals surface area contributed by atoms with Crippen LogP contribution in [0.4, 0.5) is 0 Å². The summed E-state index contributed by atoms with van der Waals surface area (Å²) in [7, 11) is 0. The molecular formula is C16H26O. The normalized spacial score (nSPS) is 21.5. The highest BCUT2D eigenvalue weighted by molar-refractivity contribution is 5.81. The monoisotopic (exact) mass is 234 g/mol. The lowest BCUT2D eigenvalue weighted by Crippen LogP contribution is -2.18. The van der Waals surface area contributed by atoms with E-state index in [1.165, 1.54) is 17.6 Å². The highest BCUT2D eigenvalue weighted by atomic mass is 16.1. The van der Waals surface area contributed by atoms with Crippen molar-refractivity contribution in [1.29, 1.82) is 0 Å². The predicted molar refractivity (Wildman–Crippen MR) is 74.0 cm³/mol. The molecule has 1 saturated carbocycles. The van der Waals surface area contributed by atoms with Crippen LogP contribution in [0.1, 0.15) is 65.7 Å². The molecule has 1 aliphatic carbocycles. The minimum absolute atomic E-state index is 0.321. The van der Waals surface area contributed by atoms with Crippen LogP contribution < -0.4 is 0 Å². The van der Waals surface area contributed by atoms with E-state index in [1.807, 2.05) is 0 Å². The topological polar surface area (TPSA) is 17.1 Å². The molecule has 1 nitrogen and oxygen atoms in total. The molecule has 17 heavy (non-hydrogen) atoms. The summed E-state index contributed by atoms with van der Waals surface area (Å²) >= 11 is 0. The maximum Gasteiger partial charge on any atom is 0.136 e. The van der Waals surface area contributed by atoms with Gasteiger partial charge >= 0.3 is 0 Å². The van der Waals surface area contributed by atoms with Crippen molar-refractivity contribution in [2.45, 2.75) is 65.7 Å². The molecule has 0 bridgehead atoms. The van der Waals surface area contributed by atoms with Crippen molar-refractivity contribution in [1.82, 2.24) is 0 Å². The maximum absolute atomic E-state index is 11.7. The molecule has 1 heteroatoms. The zero-order valence-electron chi connectivity index (χ0n) is 11.6. The molecule has 0 radical (unpaired) electrons. The van der Waals surface area contributed by atoms with Crippen LogP contribution in [0.5, 0.6) is 0 Å². The van der Waals surface area contributed by atoms with Crippen LogP contribution in [0.15, 0.2) is 23.3 Å². The van der Waals surface area contributed by atoms with Crippen LogP contribution in [0.3, 0.4) is 0 Å². The largest absolute Gasteiger partial charge is 0.299 e. The van der Waals surface area contributed by atoms with Gasteiger partial charge in [-0.05, 0) is 52.9 Å². The van der Waals surface area contributed by atoms with Gasteiger partial charge in [-0.3, -0.25) is 4.79 Å². The second kappa shape index (κ2) is 7.47. The van der Waals surface area contributed by atoms with Crippen molar-refractivity contribution in [3.63, 3.8) is 0 Å². The molecule has 1 fully saturated rings. The first-order chi connectivity index (χ1) is 8.09. The first-order valence-electron chi connectivity index (χ1n) is 6.91. The van der Waals surface area contributed by atoms with Crippen molar-refractivity contribution in [2.75, 3.05) is 0 Å². The first-order valence-corrected chi connectivity index (χ1v) is 6.91. The Morgan fingerprint density at radius 3 is 2.65 bits per heavy atom. The Hall–Kier alpha value is -0.850. The molecular weight excluding hydrogens is 208 g/mol. The lowest BCUT2D eigenvalue weighted by atomic mass is 9.85. The minimum atomic E-state index is 0.321. The van der Waals surface area contributed by atoms with Gasteiger partial charge in [0.15, 0.2) is 0 Å². The maximum atomic E-state index is 11.7. The Labute approximate surface area is 106 Å². The summed E-state index contributed by atoms with van der Waals surface area (Å²) in [5, 5.41) is 0. The van der Waals surface area contributed by atoms with Crippen molar-refractivity contribution >= 4 is 5.78 Å². The molecule has 1 rings (SSSR count). The van der Waals surface area contributed by atoms with E-state index in [0.717, 1.165) is 38.5 Å². The van der Waals surface area contributed by atoms with Gasteiger partial charge in [-0.2, -0.15) is 0 Å². The molecule has 0 aromatic rings. The number of carbonyl (C=O) groups excluding carboxylic acids is 1. The number of allylic oxidation sites excluding steroid dienone is 4. The zero-order chi connectivity index (χ0) is 12.7. The average Bonchev–Trinajstić information content (AvgIpc) is 2.27. The summed E-state index contributed by atoms with van der Waals surface area (Å²) in [6.45, 7) is 6.46. The van der Waals surface area contributed by atoms with Crippen molar-refractivity contribution < 1.29 is 4.79 Å². The zero-order valence-corrected chi connectivity index (χ0v) is 11.6. The van der Waals surface area contributed by atoms with Gasteiger partial charge in [0, 0.05) is 12.3 Å². The highest BCUT2D eigenvalue weighted by Crippen LogP contribution is 2.24. The van der Waals surface area contributed by atoms with Crippen LogP contribution in [0.2, 0.25) is 0 Å². The summed E-state index contributed by atoms with van der Waals surface area (Å²) in [5.41, 5.74) is 2.82. The van der Waals surface area contributed by atoms with E-state index in [1.54, 1.807) is 0 Å². The third-order valence-electron chi connectivity index (χ3n) is 3.52. The fourth-order valence-electron chi connectivity index (χ4n) is 2.34. The quantitative estimate of drug-likeness (QED) is 0.623. The van der Waals surface area contributed by atoms with Gasteiger partial charge in [-0.1, -0.05) is 29.7 Å². The third-order valence-corrected chi connectivity index (χ3v) is 3.52. The van der Waals surface area contributed by atoms with Gasteiger partial charge in [-0.25, -0.2) is 0 Å². The lowest BCUT2D eigenvalue weighted by Gasteiger charge is -2.19. The molecule has 0 spiro atoms. The van der Waals surface area contributed by atoms with Gasteiger partial charge in [0.2, 0.25) is 0 Å². The number of Topliss-reactive ketones (excluding diaryl/α,β-unsaturated/α-hetero) is 1. The lowest BCUT2D eigenvalue weighted by molar-refractivity contribution is -0.124. The van der Waals surface area contributed by atoms with E-state index in [9.17, 15) is 4.79 Å². The summed E-state index contributed by atoms with van der Waals surface area (Å²) in [4.78, 5) is 11.7. The Morgan fingerprint density at radius 2 is 2.00 bits per heavy atom. The molecule has 0 amide bonds. The first kappa shape index (κ1) is 14.2. The molecule has 1 atom stereocenters. The molecule has 0 aromatic carbocycles. The van der Waals surface area contributed by atoms with Gasteiger partial charge in [-0.15, -0.1) is 0 Å². The minimum Gasteiger partial charge on any atom is -0.299 e. The SMILES string of the molecule is CC(C)=CCC/C(C)=C/CC1CCCCC1=O. The van der Waals surface area contributed by atoms with E-state index >= 15 is 0 Å². The van der Waals surface area contributed by atoms with Gasteiger partial charge < -0.3 is 0 Å². The molecule has 0 saturated heterocycles. The smallest absolute Gasteiger partial charge is 0.136 e. The van der Waals surface area contributed by atoms with Crippen LogP contribution in [0, 0.1) is 5.92 Å². The fraction of sp³-hybridized carbons (Fsp3) is 0.688. The van der Waals surface area contributed by atoms with Crippen molar-refractivity contribution in [2.24, 2.45) is 5.92 Å². The van der Waals surface area contributed by atoms with E-state index in [-0.39, 0.29) is 0 Å².